The van der Waals surface area contributed by atoms with E-state index in [1.807, 2.05) is 0 Å². The van der Waals surface area contributed by atoms with Crippen LogP contribution in [0.4, 0.5) is 5.69 Å². The van der Waals surface area contributed by atoms with Gasteiger partial charge in [-0.3, -0.25) is 0 Å². The van der Waals surface area contributed by atoms with Crippen LogP contribution >= 0.6 is 0 Å². The summed E-state index contributed by atoms with van der Waals surface area (Å²) in [6.07, 6.45) is 0. The lowest BCUT2D eigenvalue weighted by atomic mass is 10.2. The average molecular weight is 257 g/mol. The molecule has 1 rings (SSSR count). The van der Waals surface area contributed by atoms with Crippen molar-refractivity contribution >= 4 is 21.5 Å². The van der Waals surface area contributed by atoms with Gasteiger partial charge in [0.05, 0.1) is 21.4 Å². The first-order chi connectivity index (χ1) is 7.80. The Kier molecular flexibility index (Phi) is 3.77. The van der Waals surface area contributed by atoms with Crippen LogP contribution in [0.5, 0.6) is 0 Å². The highest BCUT2D eigenvalue weighted by atomic mass is 32.2. The van der Waals surface area contributed by atoms with E-state index in [1.54, 1.807) is 20.9 Å². The smallest absolute Gasteiger partial charge is 0.335 e. The monoisotopic (exact) mass is 257 g/mol. The number of carboxylic acid groups (broad SMARTS) is 1. The van der Waals surface area contributed by atoms with Crippen LogP contribution in [-0.2, 0) is 9.84 Å². The van der Waals surface area contributed by atoms with Crippen molar-refractivity contribution < 1.29 is 18.3 Å². The lowest BCUT2D eigenvalue weighted by Crippen LogP contribution is -2.16. The molecule has 1 aromatic carbocycles. The number of nitrogens with one attached hydrogen (secondary N) is 1. The van der Waals surface area contributed by atoms with Gasteiger partial charge < -0.3 is 10.4 Å². The summed E-state index contributed by atoms with van der Waals surface area (Å²) in [5.41, 5.74) is 0.368. The normalized spacial score (nSPS) is 11.5. The lowest BCUT2D eigenvalue weighted by Gasteiger charge is -2.13. The fraction of sp³-hybridized carbons (Fsp3) is 0.364. The molecule has 0 fully saturated rings. The molecular formula is C11H15NO4S. The summed E-state index contributed by atoms with van der Waals surface area (Å²) in [4.78, 5) is 10.9. The van der Waals surface area contributed by atoms with Crippen LogP contribution in [-0.4, -0.2) is 31.8 Å². The maximum absolute atomic E-state index is 12.1. The molecule has 0 aliphatic heterocycles. The van der Waals surface area contributed by atoms with Crippen molar-refractivity contribution in [3.63, 3.8) is 0 Å². The van der Waals surface area contributed by atoms with Crippen LogP contribution in [0.3, 0.4) is 0 Å². The minimum absolute atomic E-state index is 0.0231. The summed E-state index contributed by atoms with van der Waals surface area (Å²) in [5.74, 6) is -1.15. The number of hydrogen-bond acceptors (Lipinski definition) is 4. The summed E-state index contributed by atoms with van der Waals surface area (Å²) >= 11 is 0. The van der Waals surface area contributed by atoms with Crippen molar-refractivity contribution in [1.29, 1.82) is 0 Å². The number of benzene rings is 1. The molecule has 0 atom stereocenters. The first-order valence-electron chi connectivity index (χ1n) is 5.09. The van der Waals surface area contributed by atoms with Crippen LogP contribution < -0.4 is 5.32 Å². The summed E-state index contributed by atoms with van der Waals surface area (Å²) in [5, 5.41) is 11.0. The Bertz CT molecular complexity index is 534. The molecule has 1 aromatic rings. The van der Waals surface area contributed by atoms with E-state index in [2.05, 4.69) is 5.32 Å². The number of carbonyl (C=O) groups is 1. The zero-order chi connectivity index (χ0) is 13.2. The Hall–Kier alpha value is -1.56. The highest BCUT2D eigenvalue weighted by Crippen LogP contribution is 2.26. The van der Waals surface area contributed by atoms with Gasteiger partial charge in [0.1, 0.15) is 0 Å². The maximum Gasteiger partial charge on any atom is 0.335 e. The Balaban J connectivity index is 3.49. The largest absolute Gasteiger partial charge is 0.478 e. The van der Waals surface area contributed by atoms with E-state index in [1.165, 1.54) is 18.2 Å². The SMILES string of the molecule is CNc1ccc(C(=O)O)cc1S(=O)(=O)C(C)C. The minimum Gasteiger partial charge on any atom is -0.478 e. The maximum atomic E-state index is 12.1. The summed E-state index contributed by atoms with van der Waals surface area (Å²) in [7, 11) is -1.91. The second-order valence-electron chi connectivity index (χ2n) is 3.86. The van der Waals surface area contributed by atoms with Crippen molar-refractivity contribution in [3.8, 4) is 0 Å². The van der Waals surface area contributed by atoms with Crippen LogP contribution in [0, 0.1) is 0 Å². The average Bonchev–Trinajstić information content (AvgIpc) is 2.27. The molecule has 0 aliphatic carbocycles. The highest BCUT2D eigenvalue weighted by molar-refractivity contribution is 7.92. The molecule has 0 aromatic heterocycles. The van der Waals surface area contributed by atoms with Gasteiger partial charge in [-0.05, 0) is 32.0 Å². The number of anilines is 1. The summed E-state index contributed by atoms with van der Waals surface area (Å²) < 4.78 is 24.1. The number of hydrogen-bond donors (Lipinski definition) is 2. The second-order valence-corrected chi connectivity index (χ2v) is 6.33. The van der Waals surface area contributed by atoms with Gasteiger partial charge in [-0.1, -0.05) is 0 Å². The van der Waals surface area contributed by atoms with E-state index < -0.39 is 21.1 Å². The standard InChI is InChI=1S/C11H15NO4S/c1-7(2)17(15,16)10-6-8(11(13)14)4-5-9(10)12-3/h4-7,12H,1-3H3,(H,13,14). The van der Waals surface area contributed by atoms with E-state index in [0.29, 0.717) is 5.69 Å². The Morgan fingerprint density at radius 2 is 1.94 bits per heavy atom. The van der Waals surface area contributed by atoms with Gasteiger partial charge in [0, 0.05) is 7.05 Å². The molecule has 2 N–H and O–H groups in total. The van der Waals surface area contributed by atoms with Crippen LogP contribution in [0.25, 0.3) is 0 Å². The molecule has 0 spiro atoms. The van der Waals surface area contributed by atoms with Crippen molar-refractivity contribution in [1.82, 2.24) is 0 Å². The van der Waals surface area contributed by atoms with Crippen molar-refractivity contribution in [2.45, 2.75) is 24.0 Å². The van der Waals surface area contributed by atoms with Crippen LogP contribution in [0.1, 0.15) is 24.2 Å². The fourth-order valence-corrected chi connectivity index (χ4v) is 2.63. The van der Waals surface area contributed by atoms with E-state index in [0.717, 1.165) is 0 Å². The molecule has 0 saturated heterocycles. The number of rotatable bonds is 4. The third-order valence-corrected chi connectivity index (χ3v) is 4.62. The van der Waals surface area contributed by atoms with Gasteiger partial charge in [0.2, 0.25) is 0 Å². The molecule has 0 amide bonds. The predicted octanol–water partition coefficient (Wildman–Crippen LogP) is 1.61. The van der Waals surface area contributed by atoms with Gasteiger partial charge in [-0.25, -0.2) is 13.2 Å². The topological polar surface area (TPSA) is 83.5 Å². The molecule has 5 nitrogen and oxygen atoms in total. The number of carboxylic acids is 1. The molecule has 0 saturated carbocycles. The van der Waals surface area contributed by atoms with E-state index in [9.17, 15) is 13.2 Å². The quantitative estimate of drug-likeness (QED) is 0.856. The summed E-state index contributed by atoms with van der Waals surface area (Å²) in [6.45, 7) is 3.12. The van der Waals surface area contributed by atoms with Crippen molar-refractivity contribution in [3.05, 3.63) is 23.8 Å². The molecular weight excluding hydrogens is 242 g/mol. The first kappa shape index (κ1) is 13.5. The van der Waals surface area contributed by atoms with Gasteiger partial charge in [-0.15, -0.1) is 0 Å². The van der Waals surface area contributed by atoms with Crippen LogP contribution in [0.15, 0.2) is 23.1 Å². The zero-order valence-corrected chi connectivity index (χ0v) is 10.7. The molecule has 17 heavy (non-hydrogen) atoms. The van der Waals surface area contributed by atoms with Gasteiger partial charge >= 0.3 is 5.97 Å². The molecule has 0 unspecified atom stereocenters. The number of sulfone groups is 1. The van der Waals surface area contributed by atoms with Gasteiger partial charge in [0.15, 0.2) is 9.84 Å². The Labute approximate surface area is 100 Å². The van der Waals surface area contributed by atoms with Crippen molar-refractivity contribution in [2.75, 3.05) is 12.4 Å². The fourth-order valence-electron chi connectivity index (χ4n) is 1.35. The molecule has 0 bridgehead atoms. The van der Waals surface area contributed by atoms with Gasteiger partial charge in [0.25, 0.3) is 0 Å². The predicted molar refractivity (Wildman–Crippen MR) is 65.3 cm³/mol. The third-order valence-electron chi connectivity index (χ3n) is 2.43. The molecule has 0 aliphatic rings. The van der Waals surface area contributed by atoms with Crippen molar-refractivity contribution in [2.24, 2.45) is 0 Å². The third kappa shape index (κ3) is 2.58. The van der Waals surface area contributed by atoms with Crippen LogP contribution in [0.2, 0.25) is 0 Å². The first-order valence-corrected chi connectivity index (χ1v) is 6.64. The second kappa shape index (κ2) is 4.75. The van der Waals surface area contributed by atoms with E-state index in [4.69, 9.17) is 5.11 Å². The molecule has 0 radical (unpaired) electrons. The number of aromatic carboxylic acids is 1. The van der Waals surface area contributed by atoms with Gasteiger partial charge in [-0.2, -0.15) is 0 Å². The molecule has 94 valence electrons. The minimum atomic E-state index is -3.50. The lowest BCUT2D eigenvalue weighted by molar-refractivity contribution is 0.0696. The Morgan fingerprint density at radius 3 is 2.35 bits per heavy atom. The highest BCUT2D eigenvalue weighted by Gasteiger charge is 2.23. The zero-order valence-electron chi connectivity index (χ0n) is 9.89. The summed E-state index contributed by atoms with van der Waals surface area (Å²) in [6, 6.07) is 4.01. The van der Waals surface area contributed by atoms with E-state index in [-0.39, 0.29) is 10.5 Å². The molecule has 0 heterocycles. The van der Waals surface area contributed by atoms with E-state index >= 15 is 0 Å². The Morgan fingerprint density at radius 1 is 1.35 bits per heavy atom. The molecule has 6 heteroatoms.